The van der Waals surface area contributed by atoms with Gasteiger partial charge in [0.25, 0.3) is 5.91 Å². The van der Waals surface area contributed by atoms with Gasteiger partial charge in [0.1, 0.15) is 12.4 Å². The highest BCUT2D eigenvalue weighted by molar-refractivity contribution is 5.96. The van der Waals surface area contributed by atoms with Crippen molar-refractivity contribution in [2.75, 3.05) is 20.2 Å². The van der Waals surface area contributed by atoms with Gasteiger partial charge in [-0.15, -0.1) is 0 Å². The van der Waals surface area contributed by atoms with Crippen LogP contribution in [0.3, 0.4) is 0 Å². The Kier molecular flexibility index (Phi) is 4.83. The highest BCUT2D eigenvalue weighted by Gasteiger charge is 2.18. The third-order valence-electron chi connectivity index (χ3n) is 2.37. The summed E-state index contributed by atoms with van der Waals surface area (Å²) >= 11 is 0. The molecule has 5 heteroatoms. The third-order valence-corrected chi connectivity index (χ3v) is 2.37. The SMILES string of the molecule is CCOC(=O)CN(C)C(=O)c1ccc(C)cc1F. The number of hydrogen-bond acceptors (Lipinski definition) is 3. The maximum absolute atomic E-state index is 13.6. The topological polar surface area (TPSA) is 46.6 Å². The van der Waals surface area contributed by atoms with Crippen molar-refractivity contribution in [1.82, 2.24) is 4.90 Å². The van der Waals surface area contributed by atoms with Crippen molar-refractivity contribution in [3.8, 4) is 0 Å². The van der Waals surface area contributed by atoms with Gasteiger partial charge in [0.05, 0.1) is 12.2 Å². The summed E-state index contributed by atoms with van der Waals surface area (Å²) in [6.07, 6.45) is 0. The Morgan fingerprint density at radius 1 is 1.39 bits per heavy atom. The zero-order valence-corrected chi connectivity index (χ0v) is 10.7. The number of carbonyl (C=O) groups is 2. The molecule has 1 rings (SSSR count). The first-order valence-electron chi connectivity index (χ1n) is 5.63. The number of hydrogen-bond donors (Lipinski definition) is 0. The number of aryl methyl sites for hydroxylation is 1. The fraction of sp³-hybridized carbons (Fsp3) is 0.385. The molecule has 0 aromatic heterocycles. The Morgan fingerprint density at radius 2 is 2.06 bits per heavy atom. The molecule has 0 aliphatic rings. The Morgan fingerprint density at radius 3 is 2.61 bits per heavy atom. The van der Waals surface area contributed by atoms with Crippen molar-refractivity contribution in [2.45, 2.75) is 13.8 Å². The van der Waals surface area contributed by atoms with Crippen LogP contribution < -0.4 is 0 Å². The van der Waals surface area contributed by atoms with E-state index in [0.717, 1.165) is 10.5 Å². The number of ether oxygens (including phenoxy) is 1. The van der Waals surface area contributed by atoms with Crippen molar-refractivity contribution in [2.24, 2.45) is 0 Å². The smallest absolute Gasteiger partial charge is 0.325 e. The van der Waals surface area contributed by atoms with Crippen LogP contribution >= 0.6 is 0 Å². The fourth-order valence-electron chi connectivity index (χ4n) is 1.47. The van der Waals surface area contributed by atoms with Gasteiger partial charge in [-0.05, 0) is 31.5 Å². The predicted molar refractivity (Wildman–Crippen MR) is 64.7 cm³/mol. The summed E-state index contributed by atoms with van der Waals surface area (Å²) in [6.45, 7) is 3.47. The van der Waals surface area contributed by atoms with Gasteiger partial charge < -0.3 is 9.64 Å². The van der Waals surface area contributed by atoms with Gasteiger partial charge in [0.15, 0.2) is 0 Å². The summed E-state index contributed by atoms with van der Waals surface area (Å²) in [5, 5.41) is 0. The van der Waals surface area contributed by atoms with Crippen LogP contribution in [0.5, 0.6) is 0 Å². The van der Waals surface area contributed by atoms with Crippen molar-refractivity contribution in [3.63, 3.8) is 0 Å². The first-order chi connectivity index (χ1) is 8.45. The largest absolute Gasteiger partial charge is 0.465 e. The van der Waals surface area contributed by atoms with Crippen molar-refractivity contribution >= 4 is 11.9 Å². The van der Waals surface area contributed by atoms with Gasteiger partial charge >= 0.3 is 5.97 Å². The zero-order valence-electron chi connectivity index (χ0n) is 10.7. The van der Waals surface area contributed by atoms with Crippen LogP contribution in [0.2, 0.25) is 0 Å². The van der Waals surface area contributed by atoms with E-state index in [2.05, 4.69) is 0 Å². The van der Waals surface area contributed by atoms with Gasteiger partial charge in [-0.2, -0.15) is 0 Å². The standard InChI is InChI=1S/C13H16FNO3/c1-4-18-12(16)8-15(3)13(17)10-6-5-9(2)7-11(10)14/h5-7H,4,8H2,1-3H3. The molecule has 1 amide bonds. The highest BCUT2D eigenvalue weighted by Crippen LogP contribution is 2.11. The number of rotatable bonds is 4. The second kappa shape index (κ2) is 6.14. The molecule has 0 bridgehead atoms. The van der Waals surface area contributed by atoms with E-state index in [1.807, 2.05) is 0 Å². The van der Waals surface area contributed by atoms with Gasteiger partial charge in [-0.1, -0.05) is 6.07 Å². The second-order valence-electron chi connectivity index (χ2n) is 3.95. The summed E-state index contributed by atoms with van der Waals surface area (Å²) in [4.78, 5) is 24.2. The minimum absolute atomic E-state index is 0.0487. The third kappa shape index (κ3) is 3.55. The number of amides is 1. The highest BCUT2D eigenvalue weighted by atomic mass is 19.1. The summed E-state index contributed by atoms with van der Waals surface area (Å²) in [7, 11) is 1.43. The van der Waals surface area contributed by atoms with Crippen LogP contribution in [0.25, 0.3) is 0 Å². The lowest BCUT2D eigenvalue weighted by Crippen LogP contribution is -2.33. The molecule has 0 aliphatic heterocycles. The molecule has 0 spiro atoms. The maximum Gasteiger partial charge on any atom is 0.325 e. The number of likely N-dealkylation sites (N-methyl/N-ethyl adjacent to an activating group) is 1. The van der Waals surface area contributed by atoms with Gasteiger partial charge in [0, 0.05) is 7.05 Å². The number of carbonyl (C=O) groups excluding carboxylic acids is 2. The normalized spacial score (nSPS) is 10.0. The van der Waals surface area contributed by atoms with Crippen molar-refractivity contribution in [3.05, 3.63) is 35.1 Å². The molecule has 4 nitrogen and oxygen atoms in total. The van der Waals surface area contributed by atoms with E-state index in [1.165, 1.54) is 19.2 Å². The predicted octanol–water partition coefficient (Wildman–Crippen LogP) is 1.77. The molecular formula is C13H16FNO3. The quantitative estimate of drug-likeness (QED) is 0.768. The number of esters is 1. The van der Waals surface area contributed by atoms with Crippen molar-refractivity contribution < 1.29 is 18.7 Å². The Bertz CT molecular complexity index is 460. The van der Waals surface area contributed by atoms with E-state index in [4.69, 9.17) is 4.74 Å². The monoisotopic (exact) mass is 253 g/mol. The van der Waals surface area contributed by atoms with Crippen LogP contribution in [0.15, 0.2) is 18.2 Å². The average Bonchev–Trinajstić information content (AvgIpc) is 2.28. The number of halogens is 1. The fourth-order valence-corrected chi connectivity index (χ4v) is 1.47. The summed E-state index contributed by atoms with van der Waals surface area (Å²) in [5.74, 6) is -1.64. The molecule has 1 aromatic carbocycles. The molecule has 0 radical (unpaired) electrons. The number of benzene rings is 1. The van der Waals surface area contributed by atoms with Crippen LogP contribution in [0, 0.1) is 12.7 Å². The minimum atomic E-state index is -0.587. The average molecular weight is 253 g/mol. The first kappa shape index (κ1) is 14.2. The molecule has 0 unspecified atom stereocenters. The lowest BCUT2D eigenvalue weighted by atomic mass is 10.1. The van der Waals surface area contributed by atoms with E-state index in [0.29, 0.717) is 0 Å². The lowest BCUT2D eigenvalue weighted by Gasteiger charge is -2.16. The van der Waals surface area contributed by atoms with Gasteiger partial charge in [-0.25, -0.2) is 4.39 Å². The molecule has 0 saturated heterocycles. The van der Waals surface area contributed by atoms with Crippen LogP contribution in [0.1, 0.15) is 22.8 Å². The van der Waals surface area contributed by atoms with Gasteiger partial charge in [-0.3, -0.25) is 9.59 Å². The van der Waals surface area contributed by atoms with Crippen LogP contribution in [0.4, 0.5) is 4.39 Å². The lowest BCUT2D eigenvalue weighted by molar-refractivity contribution is -0.143. The van der Waals surface area contributed by atoms with Crippen LogP contribution in [-0.2, 0) is 9.53 Å². The first-order valence-corrected chi connectivity index (χ1v) is 5.63. The molecule has 0 atom stereocenters. The van der Waals surface area contributed by atoms with E-state index in [1.54, 1.807) is 19.9 Å². The van der Waals surface area contributed by atoms with E-state index in [-0.39, 0.29) is 18.7 Å². The minimum Gasteiger partial charge on any atom is -0.465 e. The molecule has 0 aliphatic carbocycles. The molecule has 18 heavy (non-hydrogen) atoms. The maximum atomic E-state index is 13.6. The van der Waals surface area contributed by atoms with E-state index < -0.39 is 17.7 Å². The molecule has 98 valence electrons. The molecular weight excluding hydrogens is 237 g/mol. The van der Waals surface area contributed by atoms with E-state index >= 15 is 0 Å². The molecule has 1 aromatic rings. The molecule has 0 N–H and O–H groups in total. The Hall–Kier alpha value is -1.91. The number of nitrogens with zero attached hydrogens (tertiary/aromatic N) is 1. The van der Waals surface area contributed by atoms with Crippen molar-refractivity contribution in [1.29, 1.82) is 0 Å². The zero-order chi connectivity index (χ0) is 13.7. The Labute approximate surface area is 105 Å². The second-order valence-corrected chi connectivity index (χ2v) is 3.95. The molecule has 0 fully saturated rings. The van der Waals surface area contributed by atoms with Gasteiger partial charge in [0.2, 0.25) is 0 Å². The Balaban J connectivity index is 2.77. The van der Waals surface area contributed by atoms with E-state index in [9.17, 15) is 14.0 Å². The summed E-state index contributed by atoms with van der Waals surface area (Å²) < 4.78 is 18.3. The van der Waals surface area contributed by atoms with Crippen LogP contribution in [-0.4, -0.2) is 37.0 Å². The summed E-state index contributed by atoms with van der Waals surface area (Å²) in [5.41, 5.74) is 0.685. The molecule has 0 saturated carbocycles. The summed E-state index contributed by atoms with van der Waals surface area (Å²) in [6, 6.07) is 4.34. The molecule has 0 heterocycles.